The number of anilines is 2. The smallest absolute Gasteiger partial charge is 0.323 e. The van der Waals surface area contributed by atoms with Gasteiger partial charge in [-0.2, -0.15) is 0 Å². The number of nitrogens with two attached hydrogens (primary N) is 1. The minimum atomic E-state index is -0.681. The van der Waals surface area contributed by atoms with Crippen LogP contribution in [0.25, 0.3) is 0 Å². The summed E-state index contributed by atoms with van der Waals surface area (Å²) in [7, 11) is 0. The Hall–Kier alpha value is -3.50. The molecule has 1 aromatic heterocycles. The molecule has 0 aliphatic carbocycles. The van der Waals surface area contributed by atoms with Crippen molar-refractivity contribution in [3.8, 4) is 5.75 Å². The first kappa shape index (κ1) is 31.0. The highest BCUT2D eigenvalue weighted by molar-refractivity contribution is 5.98. The fourth-order valence-corrected chi connectivity index (χ4v) is 4.48. The van der Waals surface area contributed by atoms with Crippen molar-refractivity contribution >= 4 is 17.4 Å². The Morgan fingerprint density at radius 1 is 0.975 bits per heavy atom. The number of aromatic hydroxyl groups is 1. The second-order valence-corrected chi connectivity index (χ2v) is 9.80. The number of benzene rings is 2. The van der Waals surface area contributed by atoms with Crippen LogP contribution in [0.4, 0.5) is 16.2 Å². The van der Waals surface area contributed by atoms with Crippen LogP contribution in [0.1, 0.15) is 61.3 Å². The number of hydrogen-bond acceptors (Lipinski definition) is 7. The molecule has 0 fully saturated rings. The highest BCUT2D eigenvalue weighted by Crippen LogP contribution is 2.26. The first-order valence-corrected chi connectivity index (χ1v) is 14.0. The van der Waals surface area contributed by atoms with Crippen LogP contribution in [0, 0.1) is 0 Å². The Morgan fingerprint density at radius 3 is 2.50 bits per heavy atom. The number of aliphatic hydroxyl groups excluding tert-OH is 2. The van der Waals surface area contributed by atoms with Crippen LogP contribution in [0.5, 0.6) is 5.75 Å². The molecular weight excluding hydrogens is 508 g/mol. The molecule has 0 spiro atoms. The molecule has 9 heteroatoms. The quantitative estimate of drug-likeness (QED) is 0.144. The standard InChI is InChI=1S/C31H42N4O5/c32-31(39)35(28-12-8-16-33-21-28)27-11-7-10-24(19-27)9-3-6-18-40-17-5-2-1-4-15-34-22-30(38)25-13-14-29(37)26(20-25)23-36/h7-8,10-14,16,19-21,30,34,36-38H,1-6,9,15,17-18,22-23H2,(H2,32,39)/t30-/m0/s1. The molecular formula is C31H42N4O5. The molecule has 2 amide bonds. The lowest BCUT2D eigenvalue weighted by molar-refractivity contribution is 0.126. The van der Waals surface area contributed by atoms with E-state index in [0.29, 0.717) is 23.4 Å². The Bertz CT molecular complexity index is 1160. The van der Waals surface area contributed by atoms with E-state index in [1.54, 1.807) is 36.7 Å². The molecule has 0 unspecified atom stereocenters. The molecule has 6 N–H and O–H groups in total. The summed E-state index contributed by atoms with van der Waals surface area (Å²) in [6, 6.07) is 15.7. The topological polar surface area (TPSA) is 141 Å². The summed E-state index contributed by atoms with van der Waals surface area (Å²) in [5.74, 6) is 0.0357. The number of carbonyl (C=O) groups excluding carboxylic acids is 1. The maximum Gasteiger partial charge on any atom is 0.323 e. The molecule has 40 heavy (non-hydrogen) atoms. The number of carbonyl (C=O) groups is 1. The zero-order chi connectivity index (χ0) is 28.6. The van der Waals surface area contributed by atoms with Crippen LogP contribution in [0.2, 0.25) is 0 Å². The number of urea groups is 1. The van der Waals surface area contributed by atoms with Gasteiger partial charge in [0.25, 0.3) is 0 Å². The van der Waals surface area contributed by atoms with Gasteiger partial charge in [-0.25, -0.2) is 4.79 Å². The normalized spacial score (nSPS) is 11.8. The molecule has 3 aromatic rings. The molecule has 9 nitrogen and oxygen atoms in total. The van der Waals surface area contributed by atoms with Crippen molar-refractivity contribution in [2.45, 2.75) is 57.7 Å². The molecule has 1 heterocycles. The Kier molecular flexibility index (Phi) is 13.4. The SMILES string of the molecule is NC(=O)N(c1cccnc1)c1cccc(CCCCOCCCCCCNC[C@H](O)c2ccc(O)c(CO)c2)c1. The molecule has 1 atom stereocenters. The fourth-order valence-electron chi connectivity index (χ4n) is 4.48. The Balaban J connectivity index is 1.21. The van der Waals surface area contributed by atoms with E-state index in [2.05, 4.69) is 16.4 Å². The van der Waals surface area contributed by atoms with Crippen LogP contribution in [0.3, 0.4) is 0 Å². The largest absolute Gasteiger partial charge is 0.508 e. The third kappa shape index (κ3) is 10.2. The molecule has 0 aliphatic rings. The van der Waals surface area contributed by atoms with Gasteiger partial charge in [0.15, 0.2) is 0 Å². The van der Waals surface area contributed by atoms with Crippen LogP contribution >= 0.6 is 0 Å². The number of hydrogen-bond donors (Lipinski definition) is 5. The van der Waals surface area contributed by atoms with Gasteiger partial charge in [0.1, 0.15) is 5.75 Å². The number of amides is 2. The van der Waals surface area contributed by atoms with Gasteiger partial charge in [-0.05, 0) is 86.2 Å². The molecule has 216 valence electrons. The van der Waals surface area contributed by atoms with Gasteiger partial charge >= 0.3 is 6.03 Å². The maximum absolute atomic E-state index is 12.1. The Morgan fingerprint density at radius 2 is 1.75 bits per heavy atom. The van der Waals surface area contributed by atoms with E-state index in [0.717, 1.165) is 76.0 Å². The highest BCUT2D eigenvalue weighted by Gasteiger charge is 2.15. The lowest BCUT2D eigenvalue weighted by atomic mass is 10.1. The predicted molar refractivity (Wildman–Crippen MR) is 156 cm³/mol. The third-order valence-electron chi connectivity index (χ3n) is 6.69. The maximum atomic E-state index is 12.1. The second-order valence-electron chi connectivity index (χ2n) is 9.80. The second kappa shape index (κ2) is 17.2. The average Bonchev–Trinajstić information content (AvgIpc) is 2.96. The lowest BCUT2D eigenvalue weighted by Gasteiger charge is -2.20. The summed E-state index contributed by atoms with van der Waals surface area (Å²) < 4.78 is 5.80. The van der Waals surface area contributed by atoms with Gasteiger partial charge in [-0.1, -0.05) is 31.0 Å². The van der Waals surface area contributed by atoms with Crippen LogP contribution in [-0.4, -0.2) is 52.6 Å². The van der Waals surface area contributed by atoms with Crippen LogP contribution in [-0.2, 0) is 17.8 Å². The van der Waals surface area contributed by atoms with Crippen molar-refractivity contribution in [2.24, 2.45) is 5.73 Å². The van der Waals surface area contributed by atoms with Crippen molar-refractivity contribution in [3.63, 3.8) is 0 Å². The average molecular weight is 551 g/mol. The summed E-state index contributed by atoms with van der Waals surface area (Å²) in [4.78, 5) is 17.6. The molecule has 0 radical (unpaired) electrons. The predicted octanol–water partition coefficient (Wildman–Crippen LogP) is 4.72. The number of unbranched alkanes of at least 4 members (excludes halogenated alkanes) is 4. The summed E-state index contributed by atoms with van der Waals surface area (Å²) in [6.45, 7) is 2.48. The number of nitrogens with zero attached hydrogens (tertiary/aromatic N) is 2. The number of pyridine rings is 1. The van der Waals surface area contributed by atoms with Crippen molar-refractivity contribution in [1.29, 1.82) is 0 Å². The van der Waals surface area contributed by atoms with Gasteiger partial charge in [0.05, 0.1) is 30.3 Å². The first-order valence-electron chi connectivity index (χ1n) is 14.0. The summed E-state index contributed by atoms with van der Waals surface area (Å²) in [5, 5.41) is 32.4. The number of aliphatic hydroxyl groups is 2. The van der Waals surface area contributed by atoms with E-state index in [9.17, 15) is 20.1 Å². The van der Waals surface area contributed by atoms with Crippen molar-refractivity contribution < 1.29 is 24.9 Å². The minimum absolute atomic E-state index is 0.0357. The fraction of sp³-hybridized carbons (Fsp3) is 0.419. The molecule has 2 aromatic carbocycles. The van der Waals surface area contributed by atoms with Crippen LogP contribution in [0.15, 0.2) is 67.0 Å². The number of nitrogens with one attached hydrogen (secondary N) is 1. The van der Waals surface area contributed by atoms with Gasteiger partial charge in [-0.15, -0.1) is 0 Å². The Labute approximate surface area is 236 Å². The van der Waals surface area contributed by atoms with E-state index in [4.69, 9.17) is 10.5 Å². The zero-order valence-electron chi connectivity index (χ0n) is 23.0. The lowest BCUT2D eigenvalue weighted by Crippen LogP contribution is -2.31. The van der Waals surface area contributed by atoms with E-state index >= 15 is 0 Å². The van der Waals surface area contributed by atoms with E-state index in [1.807, 2.05) is 18.2 Å². The number of ether oxygens (including phenoxy) is 1. The summed E-state index contributed by atoms with van der Waals surface area (Å²) in [5.41, 5.74) is 9.24. The number of aryl methyl sites for hydroxylation is 1. The first-order chi connectivity index (χ1) is 19.5. The number of phenols is 1. The molecule has 0 bridgehead atoms. The minimum Gasteiger partial charge on any atom is -0.508 e. The van der Waals surface area contributed by atoms with E-state index in [-0.39, 0.29) is 12.4 Å². The molecule has 0 aliphatic heterocycles. The number of aromatic nitrogens is 1. The van der Waals surface area contributed by atoms with Gasteiger partial charge in [0.2, 0.25) is 0 Å². The van der Waals surface area contributed by atoms with Crippen molar-refractivity contribution in [3.05, 3.63) is 83.7 Å². The molecule has 0 saturated carbocycles. The van der Waals surface area contributed by atoms with Gasteiger partial charge < -0.3 is 31.1 Å². The summed E-state index contributed by atoms with van der Waals surface area (Å²) >= 11 is 0. The third-order valence-corrected chi connectivity index (χ3v) is 6.69. The summed E-state index contributed by atoms with van der Waals surface area (Å²) in [6.07, 6.45) is 9.71. The molecule has 0 saturated heterocycles. The van der Waals surface area contributed by atoms with Gasteiger partial charge in [-0.3, -0.25) is 9.88 Å². The zero-order valence-corrected chi connectivity index (χ0v) is 23.0. The molecule has 3 rings (SSSR count). The highest BCUT2D eigenvalue weighted by atomic mass is 16.5. The monoisotopic (exact) mass is 550 g/mol. The van der Waals surface area contributed by atoms with Crippen LogP contribution < -0.4 is 16.0 Å². The van der Waals surface area contributed by atoms with Gasteiger partial charge in [0, 0.05) is 31.5 Å². The number of rotatable bonds is 18. The van der Waals surface area contributed by atoms with E-state index < -0.39 is 12.1 Å². The number of primary amides is 1. The van der Waals surface area contributed by atoms with E-state index in [1.165, 1.54) is 11.0 Å². The van der Waals surface area contributed by atoms with Crippen molar-refractivity contribution in [1.82, 2.24) is 10.3 Å². The van der Waals surface area contributed by atoms with Crippen molar-refractivity contribution in [2.75, 3.05) is 31.2 Å².